The van der Waals surface area contributed by atoms with Gasteiger partial charge in [0, 0.05) is 16.3 Å². The largest absolute Gasteiger partial charge is 0.443 e. The number of thiophene rings is 1. The summed E-state index contributed by atoms with van der Waals surface area (Å²) in [5.74, 6) is 0. The van der Waals surface area contributed by atoms with Gasteiger partial charge in [0.15, 0.2) is 0 Å². The van der Waals surface area contributed by atoms with Gasteiger partial charge in [0.25, 0.3) is 0 Å². The van der Waals surface area contributed by atoms with E-state index in [0.29, 0.717) is 11.6 Å². The molecule has 0 saturated heterocycles. The number of rotatable bonds is 3. The third-order valence-electron chi connectivity index (χ3n) is 2.48. The fourth-order valence-electron chi connectivity index (χ4n) is 1.71. The second-order valence-electron chi connectivity index (χ2n) is 5.38. The van der Waals surface area contributed by atoms with E-state index in [9.17, 15) is 4.79 Å². The van der Waals surface area contributed by atoms with E-state index in [1.54, 1.807) is 11.3 Å². The number of hydrazine groups is 1. The smallest absolute Gasteiger partial charge is 0.422 e. The number of amides is 1. The summed E-state index contributed by atoms with van der Waals surface area (Å²) in [6, 6.07) is 5.79. The van der Waals surface area contributed by atoms with Gasteiger partial charge >= 0.3 is 6.09 Å². The Kier molecular flexibility index (Phi) is 4.52. The first-order chi connectivity index (χ1) is 9.35. The summed E-state index contributed by atoms with van der Waals surface area (Å²) < 4.78 is 6.30. The normalized spacial score (nSPS) is 11.6. The molecule has 20 heavy (non-hydrogen) atoms. The van der Waals surface area contributed by atoms with Gasteiger partial charge in [-0.3, -0.25) is 5.43 Å². The minimum atomic E-state index is -0.506. The van der Waals surface area contributed by atoms with Gasteiger partial charge in [-0.05, 0) is 55.3 Å². The minimum absolute atomic E-state index is 0.491. The molecular formula is C14H17ClN2O2S. The molecule has 0 bridgehead atoms. The van der Waals surface area contributed by atoms with E-state index in [1.165, 1.54) is 4.70 Å². The average molecular weight is 313 g/mol. The first kappa shape index (κ1) is 15.1. The zero-order valence-corrected chi connectivity index (χ0v) is 13.2. The molecule has 0 fully saturated rings. The summed E-state index contributed by atoms with van der Waals surface area (Å²) in [5.41, 5.74) is 5.96. The van der Waals surface area contributed by atoms with Crippen LogP contribution in [0, 0.1) is 0 Å². The molecule has 1 heterocycles. The van der Waals surface area contributed by atoms with E-state index in [1.807, 2.05) is 44.4 Å². The Morgan fingerprint density at radius 1 is 1.40 bits per heavy atom. The minimum Gasteiger partial charge on any atom is -0.443 e. The number of ether oxygens (including phenoxy) is 1. The van der Waals surface area contributed by atoms with Crippen LogP contribution in [0.25, 0.3) is 10.1 Å². The highest BCUT2D eigenvalue weighted by molar-refractivity contribution is 7.17. The SMILES string of the molecule is CC(C)(C)OC(=O)NNCc1csc2ccc(Cl)cc12. The molecule has 0 atom stereocenters. The van der Waals surface area contributed by atoms with Gasteiger partial charge in [-0.2, -0.15) is 0 Å². The fourth-order valence-corrected chi connectivity index (χ4v) is 2.82. The molecule has 2 aromatic rings. The molecule has 0 aliphatic rings. The maximum Gasteiger partial charge on any atom is 0.422 e. The molecule has 2 N–H and O–H groups in total. The number of carbonyl (C=O) groups excluding carboxylic acids is 1. The van der Waals surface area contributed by atoms with Crippen LogP contribution < -0.4 is 10.9 Å². The highest BCUT2D eigenvalue weighted by Crippen LogP contribution is 2.28. The zero-order valence-electron chi connectivity index (χ0n) is 11.6. The molecule has 108 valence electrons. The Morgan fingerprint density at radius 3 is 2.85 bits per heavy atom. The number of hydrogen-bond donors (Lipinski definition) is 2. The lowest BCUT2D eigenvalue weighted by atomic mass is 10.2. The molecule has 0 unspecified atom stereocenters. The van der Waals surface area contributed by atoms with Gasteiger partial charge < -0.3 is 4.74 Å². The molecular weight excluding hydrogens is 296 g/mol. The molecule has 0 radical (unpaired) electrons. The molecule has 0 aliphatic carbocycles. The maximum absolute atomic E-state index is 11.5. The monoisotopic (exact) mass is 312 g/mol. The van der Waals surface area contributed by atoms with Gasteiger partial charge in [-0.1, -0.05) is 11.6 Å². The molecule has 1 aromatic carbocycles. The lowest BCUT2D eigenvalue weighted by Crippen LogP contribution is -2.40. The second kappa shape index (κ2) is 5.99. The van der Waals surface area contributed by atoms with Crippen molar-refractivity contribution in [3.8, 4) is 0 Å². The van der Waals surface area contributed by atoms with Crippen molar-refractivity contribution in [2.75, 3.05) is 0 Å². The lowest BCUT2D eigenvalue weighted by Gasteiger charge is -2.19. The molecule has 0 saturated carbocycles. The molecule has 4 nitrogen and oxygen atoms in total. The Hall–Kier alpha value is -1.30. The topological polar surface area (TPSA) is 50.4 Å². The molecule has 6 heteroatoms. The summed E-state index contributed by atoms with van der Waals surface area (Å²) in [6.45, 7) is 5.97. The number of nitrogens with one attached hydrogen (secondary N) is 2. The summed E-state index contributed by atoms with van der Waals surface area (Å²) in [7, 11) is 0. The lowest BCUT2D eigenvalue weighted by molar-refractivity contribution is 0.0497. The Labute approximate surface area is 127 Å². The van der Waals surface area contributed by atoms with Crippen molar-refractivity contribution >= 4 is 39.1 Å². The molecule has 0 aliphatic heterocycles. The summed E-state index contributed by atoms with van der Waals surface area (Å²) in [6.07, 6.45) is -0.491. The van der Waals surface area contributed by atoms with Crippen LogP contribution in [0.3, 0.4) is 0 Å². The van der Waals surface area contributed by atoms with E-state index >= 15 is 0 Å². The standard InChI is InChI=1S/C14H17ClN2O2S/c1-14(2,3)19-13(18)17-16-7-9-8-20-12-5-4-10(15)6-11(9)12/h4-6,8,16H,7H2,1-3H3,(H,17,18). The van der Waals surface area contributed by atoms with Crippen LogP contribution in [0.2, 0.25) is 5.02 Å². The third-order valence-corrected chi connectivity index (χ3v) is 3.73. The summed E-state index contributed by atoms with van der Waals surface area (Å²) in [4.78, 5) is 11.5. The van der Waals surface area contributed by atoms with Crippen molar-refractivity contribution in [3.63, 3.8) is 0 Å². The molecule has 1 aromatic heterocycles. The molecule has 0 spiro atoms. The number of fused-ring (bicyclic) bond motifs is 1. The van der Waals surface area contributed by atoms with E-state index in [-0.39, 0.29) is 0 Å². The molecule has 2 rings (SSSR count). The van der Waals surface area contributed by atoms with Gasteiger partial charge in [0.2, 0.25) is 0 Å². The van der Waals surface area contributed by atoms with Crippen molar-refractivity contribution in [1.29, 1.82) is 0 Å². The van der Waals surface area contributed by atoms with Crippen LogP contribution in [-0.4, -0.2) is 11.7 Å². The van der Waals surface area contributed by atoms with Gasteiger partial charge in [0.05, 0.1) is 0 Å². The van der Waals surface area contributed by atoms with E-state index in [2.05, 4.69) is 10.9 Å². The summed E-state index contributed by atoms with van der Waals surface area (Å²) >= 11 is 7.65. The predicted octanol–water partition coefficient (Wildman–Crippen LogP) is 4.08. The van der Waals surface area contributed by atoms with Gasteiger partial charge in [-0.15, -0.1) is 11.3 Å². The zero-order chi connectivity index (χ0) is 14.8. The average Bonchev–Trinajstić information content (AvgIpc) is 2.69. The highest BCUT2D eigenvalue weighted by atomic mass is 35.5. The predicted molar refractivity (Wildman–Crippen MR) is 83.0 cm³/mol. The van der Waals surface area contributed by atoms with Crippen molar-refractivity contribution in [3.05, 3.63) is 34.2 Å². The van der Waals surface area contributed by atoms with Crippen LogP contribution in [0.4, 0.5) is 4.79 Å². The van der Waals surface area contributed by atoms with Crippen molar-refractivity contribution < 1.29 is 9.53 Å². The van der Waals surface area contributed by atoms with Crippen molar-refractivity contribution in [2.24, 2.45) is 0 Å². The first-order valence-corrected chi connectivity index (χ1v) is 7.48. The van der Waals surface area contributed by atoms with E-state index in [4.69, 9.17) is 16.3 Å². The van der Waals surface area contributed by atoms with Crippen molar-refractivity contribution in [2.45, 2.75) is 32.9 Å². The number of benzene rings is 1. The Balaban J connectivity index is 1.93. The van der Waals surface area contributed by atoms with Gasteiger partial charge in [-0.25, -0.2) is 10.2 Å². The maximum atomic E-state index is 11.5. The van der Waals surface area contributed by atoms with Crippen molar-refractivity contribution in [1.82, 2.24) is 10.9 Å². The summed E-state index contributed by atoms with van der Waals surface area (Å²) in [5, 5.41) is 3.85. The van der Waals surface area contributed by atoms with Gasteiger partial charge in [0.1, 0.15) is 5.60 Å². The second-order valence-corrected chi connectivity index (χ2v) is 6.73. The Bertz CT molecular complexity index is 619. The third kappa shape index (κ3) is 4.10. The number of halogens is 1. The quantitative estimate of drug-likeness (QED) is 0.839. The number of carbonyl (C=O) groups is 1. The first-order valence-electron chi connectivity index (χ1n) is 6.22. The molecule has 1 amide bonds. The number of hydrogen-bond acceptors (Lipinski definition) is 4. The van der Waals surface area contributed by atoms with E-state index < -0.39 is 11.7 Å². The van der Waals surface area contributed by atoms with E-state index in [0.717, 1.165) is 10.9 Å². The van der Waals surface area contributed by atoms with Crippen LogP contribution in [-0.2, 0) is 11.3 Å². The Morgan fingerprint density at radius 2 is 2.15 bits per heavy atom. The van der Waals surface area contributed by atoms with Crippen LogP contribution in [0.5, 0.6) is 0 Å². The highest BCUT2D eigenvalue weighted by Gasteiger charge is 2.15. The van der Waals surface area contributed by atoms with Crippen LogP contribution >= 0.6 is 22.9 Å². The van der Waals surface area contributed by atoms with Crippen LogP contribution in [0.1, 0.15) is 26.3 Å². The fraction of sp³-hybridized carbons (Fsp3) is 0.357. The van der Waals surface area contributed by atoms with Crippen LogP contribution in [0.15, 0.2) is 23.6 Å².